The molecule has 0 unspecified atom stereocenters. The van der Waals surface area contributed by atoms with Crippen LogP contribution in [0.4, 0.5) is 13.2 Å². The molecule has 0 atom stereocenters. The Bertz CT molecular complexity index is 379. The lowest BCUT2D eigenvalue weighted by atomic mass is 10.1. The van der Waals surface area contributed by atoms with Crippen molar-refractivity contribution in [3.05, 3.63) is 29.3 Å². The summed E-state index contributed by atoms with van der Waals surface area (Å²) < 4.78 is 41.6. The summed E-state index contributed by atoms with van der Waals surface area (Å²) >= 11 is 0. The minimum Gasteiger partial charge on any atom is -0.495 e. The van der Waals surface area contributed by atoms with Crippen molar-refractivity contribution >= 4 is 0 Å². The van der Waals surface area contributed by atoms with E-state index in [1.54, 1.807) is 6.07 Å². The monoisotopic (exact) mass is 201 g/mol. The van der Waals surface area contributed by atoms with Crippen LogP contribution in [-0.4, -0.2) is 7.11 Å². The van der Waals surface area contributed by atoms with E-state index in [0.29, 0.717) is 0 Å². The third kappa shape index (κ3) is 1.79. The second kappa shape index (κ2) is 3.58. The minimum absolute atomic E-state index is 0.123. The standard InChI is InChI=1S/C9H6F3NO/c1-14-8-6(5-13)3-2-4-7(8)9(10,11)12/h2-4H,1H3. The zero-order chi connectivity index (χ0) is 10.8. The molecule has 1 aromatic carbocycles. The second-order valence-electron chi connectivity index (χ2n) is 2.50. The van der Waals surface area contributed by atoms with Crippen LogP contribution in [-0.2, 0) is 6.18 Å². The molecule has 0 fully saturated rings. The number of rotatable bonds is 1. The molecule has 5 heteroatoms. The molecule has 2 nitrogen and oxygen atoms in total. The molecule has 74 valence electrons. The Morgan fingerprint density at radius 3 is 2.43 bits per heavy atom. The lowest BCUT2D eigenvalue weighted by molar-refractivity contribution is -0.138. The van der Waals surface area contributed by atoms with Gasteiger partial charge in [-0.05, 0) is 12.1 Å². The van der Waals surface area contributed by atoms with Gasteiger partial charge in [-0.3, -0.25) is 0 Å². The fourth-order valence-electron chi connectivity index (χ4n) is 1.07. The molecule has 1 aromatic rings. The van der Waals surface area contributed by atoms with Crippen LogP contribution in [0.15, 0.2) is 18.2 Å². The maximum atomic E-state index is 12.4. The maximum absolute atomic E-state index is 12.4. The van der Waals surface area contributed by atoms with Gasteiger partial charge in [-0.15, -0.1) is 0 Å². The summed E-state index contributed by atoms with van der Waals surface area (Å²) in [6, 6.07) is 4.95. The van der Waals surface area contributed by atoms with Gasteiger partial charge in [0.15, 0.2) is 0 Å². The number of hydrogen-bond donors (Lipinski definition) is 0. The van der Waals surface area contributed by atoms with Crippen molar-refractivity contribution in [1.82, 2.24) is 0 Å². The van der Waals surface area contributed by atoms with Crippen LogP contribution in [0.3, 0.4) is 0 Å². The van der Waals surface area contributed by atoms with Crippen molar-refractivity contribution in [2.24, 2.45) is 0 Å². The van der Waals surface area contributed by atoms with Crippen LogP contribution < -0.4 is 4.74 Å². The molecule has 1 rings (SSSR count). The van der Waals surface area contributed by atoms with Gasteiger partial charge < -0.3 is 4.74 Å². The van der Waals surface area contributed by atoms with Crippen LogP contribution in [0.5, 0.6) is 5.75 Å². The molecule has 0 amide bonds. The van der Waals surface area contributed by atoms with Crippen molar-refractivity contribution in [2.45, 2.75) is 6.18 Å². The van der Waals surface area contributed by atoms with Crippen LogP contribution >= 0.6 is 0 Å². The van der Waals surface area contributed by atoms with E-state index in [2.05, 4.69) is 4.74 Å². The minimum atomic E-state index is -4.50. The van der Waals surface area contributed by atoms with Gasteiger partial charge in [0.25, 0.3) is 0 Å². The molecular formula is C9H6F3NO. The number of halogens is 3. The van der Waals surface area contributed by atoms with E-state index in [1.165, 1.54) is 12.1 Å². The molecule has 0 heterocycles. The average molecular weight is 201 g/mol. The molecule has 0 saturated heterocycles. The maximum Gasteiger partial charge on any atom is 0.420 e. The Morgan fingerprint density at radius 1 is 1.36 bits per heavy atom. The Balaban J connectivity index is 3.39. The Labute approximate surface area is 78.5 Å². The number of nitriles is 1. The fraction of sp³-hybridized carbons (Fsp3) is 0.222. The quantitative estimate of drug-likeness (QED) is 0.699. The van der Waals surface area contributed by atoms with Gasteiger partial charge in [-0.2, -0.15) is 18.4 Å². The summed E-state index contributed by atoms with van der Waals surface area (Å²) in [5, 5.41) is 8.54. The van der Waals surface area contributed by atoms with Crippen LogP contribution in [0, 0.1) is 11.3 Å². The third-order valence-corrected chi connectivity index (χ3v) is 1.65. The highest BCUT2D eigenvalue weighted by molar-refractivity contribution is 5.49. The van der Waals surface area contributed by atoms with Gasteiger partial charge in [0.1, 0.15) is 11.8 Å². The number of hydrogen-bond acceptors (Lipinski definition) is 2. The van der Waals surface area contributed by atoms with E-state index in [9.17, 15) is 13.2 Å². The number of ether oxygens (including phenoxy) is 1. The summed E-state index contributed by atoms with van der Waals surface area (Å²) in [5.41, 5.74) is -1.05. The number of benzene rings is 1. The molecule has 0 radical (unpaired) electrons. The molecule has 0 spiro atoms. The molecule has 0 aliphatic carbocycles. The van der Waals surface area contributed by atoms with Crippen molar-refractivity contribution < 1.29 is 17.9 Å². The van der Waals surface area contributed by atoms with E-state index in [-0.39, 0.29) is 5.56 Å². The summed E-state index contributed by atoms with van der Waals surface area (Å²) in [6.45, 7) is 0. The normalized spacial score (nSPS) is 10.8. The molecule has 0 saturated carbocycles. The summed E-state index contributed by atoms with van der Waals surface area (Å²) in [4.78, 5) is 0. The fourth-order valence-corrected chi connectivity index (χ4v) is 1.07. The summed E-state index contributed by atoms with van der Waals surface area (Å²) in [7, 11) is 1.10. The predicted molar refractivity (Wildman–Crippen MR) is 42.7 cm³/mol. The first kappa shape index (κ1) is 10.4. The smallest absolute Gasteiger partial charge is 0.420 e. The van der Waals surface area contributed by atoms with Gasteiger partial charge in [-0.1, -0.05) is 6.07 Å². The lowest BCUT2D eigenvalue weighted by Gasteiger charge is -2.12. The van der Waals surface area contributed by atoms with E-state index in [1.807, 2.05) is 0 Å². The summed E-state index contributed by atoms with van der Waals surface area (Å²) in [6.07, 6.45) is -4.50. The van der Waals surface area contributed by atoms with Gasteiger partial charge >= 0.3 is 6.18 Å². The van der Waals surface area contributed by atoms with Crippen molar-refractivity contribution in [3.63, 3.8) is 0 Å². The summed E-state index contributed by atoms with van der Waals surface area (Å²) in [5.74, 6) is -0.428. The average Bonchev–Trinajstić information content (AvgIpc) is 2.15. The van der Waals surface area contributed by atoms with Crippen molar-refractivity contribution in [3.8, 4) is 11.8 Å². The Hall–Kier alpha value is -1.70. The van der Waals surface area contributed by atoms with E-state index in [4.69, 9.17) is 5.26 Å². The molecule has 14 heavy (non-hydrogen) atoms. The van der Waals surface area contributed by atoms with E-state index in [0.717, 1.165) is 13.2 Å². The van der Waals surface area contributed by atoms with Gasteiger partial charge in [0, 0.05) is 0 Å². The first-order chi connectivity index (χ1) is 6.50. The molecule has 0 aromatic heterocycles. The predicted octanol–water partition coefficient (Wildman–Crippen LogP) is 2.59. The van der Waals surface area contributed by atoms with E-state index >= 15 is 0 Å². The zero-order valence-electron chi connectivity index (χ0n) is 7.22. The SMILES string of the molecule is COc1c(C#N)cccc1C(F)(F)F. The van der Waals surface area contributed by atoms with Crippen molar-refractivity contribution in [1.29, 1.82) is 5.26 Å². The molecule has 0 N–H and O–H groups in total. The zero-order valence-corrected chi connectivity index (χ0v) is 7.22. The molecular weight excluding hydrogens is 195 g/mol. The van der Waals surface area contributed by atoms with Crippen LogP contribution in [0.25, 0.3) is 0 Å². The van der Waals surface area contributed by atoms with Crippen molar-refractivity contribution in [2.75, 3.05) is 7.11 Å². The highest BCUT2D eigenvalue weighted by atomic mass is 19.4. The number of methoxy groups -OCH3 is 1. The Morgan fingerprint density at radius 2 is 2.00 bits per heavy atom. The van der Waals surface area contributed by atoms with Gasteiger partial charge in [0.2, 0.25) is 0 Å². The number of nitrogens with zero attached hydrogens (tertiary/aromatic N) is 1. The largest absolute Gasteiger partial charge is 0.495 e. The lowest BCUT2D eigenvalue weighted by Crippen LogP contribution is -2.08. The third-order valence-electron chi connectivity index (χ3n) is 1.65. The second-order valence-corrected chi connectivity index (χ2v) is 2.50. The first-order valence-corrected chi connectivity index (χ1v) is 3.65. The molecule has 0 aliphatic heterocycles. The Kier molecular flexibility index (Phi) is 2.65. The highest BCUT2D eigenvalue weighted by Crippen LogP contribution is 2.37. The van der Waals surface area contributed by atoms with Gasteiger partial charge in [-0.25, -0.2) is 0 Å². The topological polar surface area (TPSA) is 33.0 Å². The molecule has 0 aliphatic rings. The van der Waals surface area contributed by atoms with Gasteiger partial charge in [0.05, 0.1) is 18.2 Å². The highest BCUT2D eigenvalue weighted by Gasteiger charge is 2.35. The number of alkyl halides is 3. The number of para-hydroxylation sites is 1. The van der Waals surface area contributed by atoms with Crippen LogP contribution in [0.1, 0.15) is 11.1 Å². The van der Waals surface area contributed by atoms with Crippen LogP contribution in [0.2, 0.25) is 0 Å². The van der Waals surface area contributed by atoms with E-state index < -0.39 is 17.5 Å². The first-order valence-electron chi connectivity index (χ1n) is 3.65. The molecule has 0 bridgehead atoms.